The van der Waals surface area contributed by atoms with Gasteiger partial charge < -0.3 is 14.4 Å². The van der Waals surface area contributed by atoms with Crippen molar-refractivity contribution in [3.05, 3.63) is 0 Å². The summed E-state index contributed by atoms with van der Waals surface area (Å²) in [5.41, 5.74) is -0.552. The van der Waals surface area contributed by atoms with Gasteiger partial charge in [0.2, 0.25) is 0 Å². The number of rotatable bonds is 2. The number of ether oxygens (including phenoxy) is 2. The molecule has 0 aliphatic carbocycles. The molecule has 0 bridgehead atoms. The zero-order valence-electron chi connectivity index (χ0n) is 16.7. The summed E-state index contributed by atoms with van der Waals surface area (Å²) >= 11 is 0. The Morgan fingerprint density at radius 3 is 2.24 bits per heavy atom. The highest BCUT2D eigenvalue weighted by Gasteiger charge is 2.51. The van der Waals surface area contributed by atoms with Gasteiger partial charge in [-0.2, -0.15) is 0 Å². The van der Waals surface area contributed by atoms with Crippen LogP contribution in [0.1, 0.15) is 61.3 Å². The molecule has 7 heteroatoms. The first kappa shape index (κ1) is 20.6. The summed E-state index contributed by atoms with van der Waals surface area (Å²) in [4.78, 5) is 14.1. The summed E-state index contributed by atoms with van der Waals surface area (Å²) in [6.07, 6.45) is 1.42. The molecule has 2 heterocycles. The van der Waals surface area contributed by atoms with E-state index in [9.17, 15) is 9.00 Å². The van der Waals surface area contributed by atoms with Crippen molar-refractivity contribution in [2.45, 2.75) is 83.8 Å². The van der Waals surface area contributed by atoms with Gasteiger partial charge in [0.05, 0.1) is 34.5 Å². The van der Waals surface area contributed by atoms with E-state index >= 15 is 0 Å². The quantitative estimate of drug-likeness (QED) is 0.807. The van der Waals surface area contributed by atoms with E-state index in [4.69, 9.17) is 9.47 Å². The van der Waals surface area contributed by atoms with Crippen molar-refractivity contribution in [1.82, 2.24) is 9.62 Å². The molecule has 0 aromatic heterocycles. The molecular weight excluding hydrogens is 340 g/mol. The summed E-state index contributed by atoms with van der Waals surface area (Å²) in [6.45, 7) is 15.5. The predicted octanol–water partition coefficient (Wildman–Crippen LogP) is 2.84. The molecule has 25 heavy (non-hydrogen) atoms. The minimum absolute atomic E-state index is 0.0133. The zero-order chi connectivity index (χ0) is 19.0. The molecule has 2 fully saturated rings. The van der Waals surface area contributed by atoms with E-state index in [1.54, 1.807) is 4.90 Å². The lowest BCUT2D eigenvalue weighted by atomic mass is 9.73. The van der Waals surface area contributed by atoms with Crippen molar-refractivity contribution < 1.29 is 18.5 Å². The molecule has 0 aromatic rings. The van der Waals surface area contributed by atoms with Crippen molar-refractivity contribution in [1.29, 1.82) is 0 Å². The van der Waals surface area contributed by atoms with Crippen LogP contribution in [0.2, 0.25) is 0 Å². The lowest BCUT2D eigenvalue weighted by molar-refractivity contribution is 0.00648. The van der Waals surface area contributed by atoms with Crippen molar-refractivity contribution in [3.63, 3.8) is 0 Å². The summed E-state index contributed by atoms with van der Waals surface area (Å²) in [6, 6.07) is 0.0355. The Morgan fingerprint density at radius 1 is 1.20 bits per heavy atom. The summed E-state index contributed by atoms with van der Waals surface area (Å²) in [7, 11) is -1.14. The monoisotopic (exact) mass is 374 g/mol. The second-order valence-corrected chi connectivity index (χ2v) is 11.3. The van der Waals surface area contributed by atoms with Gasteiger partial charge >= 0.3 is 6.09 Å². The van der Waals surface area contributed by atoms with Crippen LogP contribution in [-0.2, 0) is 20.5 Å². The number of carbonyl (C=O) groups excluding carboxylic acids is 1. The standard InChI is InChI=1S/C18H34N2O4S/c1-13-14(19-25(22)17(5,6)7)18(12-23-13)8-10-20(11-9-18)15(21)24-16(2,3)4/h13-14,19H,8-12H2,1-7H3/t13-,14+,25+/m1/s1. The third kappa shape index (κ3) is 4.95. The molecule has 1 N–H and O–H groups in total. The van der Waals surface area contributed by atoms with Crippen molar-refractivity contribution in [2.24, 2.45) is 5.41 Å². The number of nitrogens with one attached hydrogen (secondary N) is 1. The van der Waals surface area contributed by atoms with Crippen LogP contribution in [0.15, 0.2) is 0 Å². The molecule has 2 saturated heterocycles. The van der Waals surface area contributed by atoms with Gasteiger partial charge in [-0.05, 0) is 61.3 Å². The predicted molar refractivity (Wildman–Crippen MR) is 99.7 cm³/mol. The Balaban J connectivity index is 2.02. The highest BCUT2D eigenvalue weighted by molar-refractivity contribution is 7.84. The van der Waals surface area contributed by atoms with Crippen molar-refractivity contribution in [3.8, 4) is 0 Å². The van der Waals surface area contributed by atoms with Crippen LogP contribution in [0.25, 0.3) is 0 Å². The molecular formula is C18H34N2O4S. The van der Waals surface area contributed by atoms with E-state index in [-0.39, 0.29) is 28.4 Å². The third-order valence-corrected chi connectivity index (χ3v) is 6.54. The maximum atomic E-state index is 12.6. The summed E-state index contributed by atoms with van der Waals surface area (Å²) in [5, 5.41) is 0. The second-order valence-electron chi connectivity index (χ2n) is 9.32. The van der Waals surface area contributed by atoms with Crippen LogP contribution in [0, 0.1) is 5.41 Å². The molecule has 2 aliphatic rings. The Kier molecular flexibility index (Phi) is 5.91. The highest BCUT2D eigenvalue weighted by atomic mass is 32.2. The zero-order valence-corrected chi connectivity index (χ0v) is 17.5. The molecule has 6 nitrogen and oxygen atoms in total. The molecule has 2 rings (SSSR count). The van der Waals surface area contributed by atoms with Crippen LogP contribution < -0.4 is 4.72 Å². The fourth-order valence-electron chi connectivity index (χ4n) is 3.41. The number of piperidine rings is 1. The number of amides is 1. The number of hydrogen-bond donors (Lipinski definition) is 1. The van der Waals surface area contributed by atoms with Gasteiger partial charge in [-0.15, -0.1) is 0 Å². The van der Waals surface area contributed by atoms with E-state index in [0.717, 1.165) is 12.8 Å². The SMILES string of the molecule is C[C@H]1OCC2(CCN(C(=O)OC(C)(C)C)CC2)[C@H]1N[S@@](=O)C(C)(C)C. The van der Waals surface area contributed by atoms with E-state index in [2.05, 4.69) is 4.72 Å². The fourth-order valence-corrected chi connectivity index (χ4v) is 4.44. The van der Waals surface area contributed by atoms with Crippen LogP contribution in [0.4, 0.5) is 4.79 Å². The van der Waals surface area contributed by atoms with Gasteiger partial charge in [0.25, 0.3) is 0 Å². The molecule has 0 radical (unpaired) electrons. The Morgan fingerprint density at radius 2 is 1.76 bits per heavy atom. The minimum atomic E-state index is -1.14. The molecule has 0 aromatic carbocycles. The van der Waals surface area contributed by atoms with E-state index in [0.29, 0.717) is 19.7 Å². The normalized spacial score (nSPS) is 28.2. The third-order valence-electron chi connectivity index (χ3n) is 4.96. The van der Waals surface area contributed by atoms with Crippen molar-refractivity contribution in [2.75, 3.05) is 19.7 Å². The number of likely N-dealkylation sites (tertiary alicyclic amines) is 1. The van der Waals surface area contributed by atoms with Gasteiger partial charge in [0.15, 0.2) is 0 Å². The van der Waals surface area contributed by atoms with Gasteiger partial charge in [-0.1, -0.05) is 0 Å². The molecule has 1 amide bonds. The summed E-state index contributed by atoms with van der Waals surface area (Å²) < 4.78 is 27.0. The van der Waals surface area contributed by atoms with E-state index < -0.39 is 16.6 Å². The molecule has 3 atom stereocenters. The smallest absolute Gasteiger partial charge is 0.410 e. The highest BCUT2D eigenvalue weighted by Crippen LogP contribution is 2.42. The first-order valence-electron chi connectivity index (χ1n) is 9.12. The number of hydrogen-bond acceptors (Lipinski definition) is 4. The number of nitrogens with zero attached hydrogens (tertiary/aromatic N) is 1. The van der Waals surface area contributed by atoms with Crippen LogP contribution in [0.3, 0.4) is 0 Å². The van der Waals surface area contributed by atoms with Crippen LogP contribution >= 0.6 is 0 Å². The lowest BCUT2D eigenvalue weighted by Crippen LogP contribution is -2.55. The average Bonchev–Trinajstić information content (AvgIpc) is 2.75. The van der Waals surface area contributed by atoms with E-state index in [1.807, 2.05) is 48.5 Å². The Labute approximate surface area is 154 Å². The largest absolute Gasteiger partial charge is 0.444 e. The second kappa shape index (κ2) is 7.16. The van der Waals surface area contributed by atoms with Crippen molar-refractivity contribution >= 4 is 17.1 Å². The van der Waals surface area contributed by atoms with Gasteiger partial charge in [0.1, 0.15) is 5.60 Å². The maximum absolute atomic E-state index is 12.6. The Bertz CT molecular complexity index is 516. The topological polar surface area (TPSA) is 67.9 Å². The van der Waals surface area contributed by atoms with Crippen LogP contribution in [-0.4, -0.2) is 57.4 Å². The lowest BCUT2D eigenvalue weighted by Gasteiger charge is -2.43. The molecule has 146 valence electrons. The number of carbonyl (C=O) groups is 1. The minimum Gasteiger partial charge on any atom is -0.444 e. The molecule has 0 saturated carbocycles. The van der Waals surface area contributed by atoms with Gasteiger partial charge in [0, 0.05) is 18.5 Å². The van der Waals surface area contributed by atoms with Gasteiger partial charge in [-0.25, -0.2) is 13.7 Å². The maximum Gasteiger partial charge on any atom is 0.410 e. The first-order chi connectivity index (χ1) is 11.3. The van der Waals surface area contributed by atoms with Gasteiger partial charge in [-0.3, -0.25) is 0 Å². The summed E-state index contributed by atoms with van der Waals surface area (Å²) in [5.74, 6) is 0. The average molecular weight is 375 g/mol. The first-order valence-corrected chi connectivity index (χ1v) is 10.3. The molecule has 1 spiro atoms. The van der Waals surface area contributed by atoms with Crippen LogP contribution in [0.5, 0.6) is 0 Å². The fraction of sp³-hybridized carbons (Fsp3) is 0.944. The van der Waals surface area contributed by atoms with E-state index in [1.165, 1.54) is 0 Å². The molecule has 2 aliphatic heterocycles. The molecule has 0 unspecified atom stereocenters. The Hall–Kier alpha value is -0.660.